The Kier molecular flexibility index (Phi) is 6.19. The van der Waals surface area contributed by atoms with E-state index in [0.717, 1.165) is 25.0 Å². The maximum absolute atomic E-state index is 12.7. The number of carbonyl (C=O) groups is 2. The van der Waals surface area contributed by atoms with E-state index in [-0.39, 0.29) is 10.5 Å². The third kappa shape index (κ3) is 4.57. The van der Waals surface area contributed by atoms with Crippen LogP contribution in [-0.2, 0) is 19.6 Å². The summed E-state index contributed by atoms with van der Waals surface area (Å²) in [6.45, 7) is 0.291. The maximum Gasteiger partial charge on any atom is 0.342 e. The molecular weight excluding hydrogens is 396 g/mol. The van der Waals surface area contributed by atoms with Crippen LogP contribution in [0.1, 0.15) is 23.2 Å². The minimum absolute atomic E-state index is 0.100. The molecule has 1 N–H and O–H groups in total. The summed E-state index contributed by atoms with van der Waals surface area (Å²) in [6, 6.07) is 12.3. The summed E-state index contributed by atoms with van der Waals surface area (Å²) in [5, 5.41) is 9.98. The number of phenols is 1. The highest BCUT2D eigenvalue weighted by Crippen LogP contribution is 2.26. The zero-order valence-electron chi connectivity index (χ0n) is 15.9. The molecule has 3 rings (SSSR count). The lowest BCUT2D eigenvalue weighted by atomic mass is 10.2. The first kappa shape index (κ1) is 20.8. The summed E-state index contributed by atoms with van der Waals surface area (Å²) in [5.41, 5.74) is 0.329. The van der Waals surface area contributed by atoms with Gasteiger partial charge in [-0.3, -0.25) is 4.79 Å². The largest absolute Gasteiger partial charge is 0.507 e. The van der Waals surface area contributed by atoms with Crippen molar-refractivity contribution >= 4 is 27.6 Å². The highest BCUT2D eigenvalue weighted by Gasteiger charge is 2.29. The minimum Gasteiger partial charge on any atom is -0.507 e. The van der Waals surface area contributed by atoms with Crippen molar-refractivity contribution in [2.24, 2.45) is 0 Å². The number of aromatic hydroxyl groups is 1. The SMILES string of the molecule is CN(C(=O)COC(=O)c1cc(S(=O)(=O)N2CCCC2)ccc1O)c1ccccc1. The Balaban J connectivity index is 1.71. The summed E-state index contributed by atoms with van der Waals surface area (Å²) in [4.78, 5) is 25.9. The number of nitrogens with zero attached hydrogens (tertiary/aromatic N) is 2. The Bertz CT molecular complexity index is 1000. The van der Waals surface area contributed by atoms with Crippen LogP contribution in [0.25, 0.3) is 0 Å². The molecule has 29 heavy (non-hydrogen) atoms. The van der Waals surface area contributed by atoms with E-state index in [0.29, 0.717) is 18.8 Å². The Morgan fingerprint density at radius 2 is 1.76 bits per heavy atom. The van der Waals surface area contributed by atoms with Crippen molar-refractivity contribution < 1.29 is 27.9 Å². The van der Waals surface area contributed by atoms with Gasteiger partial charge in [0.1, 0.15) is 11.3 Å². The second-order valence-electron chi connectivity index (χ2n) is 6.65. The van der Waals surface area contributed by atoms with Crippen LogP contribution in [-0.4, -0.2) is 56.5 Å². The summed E-state index contributed by atoms with van der Waals surface area (Å²) in [6.07, 6.45) is 1.56. The molecule has 0 aliphatic carbocycles. The van der Waals surface area contributed by atoms with Gasteiger partial charge in [-0.05, 0) is 43.2 Å². The standard InChI is InChI=1S/C20H22N2O6S/c1-21(15-7-3-2-4-8-15)19(24)14-28-20(25)17-13-16(9-10-18(17)23)29(26,27)22-11-5-6-12-22/h2-4,7-10,13,23H,5-6,11-12,14H2,1H3. The first-order valence-electron chi connectivity index (χ1n) is 9.12. The number of likely N-dealkylation sites (N-methyl/N-ethyl adjacent to an activating group) is 1. The number of ether oxygens (including phenoxy) is 1. The Hall–Kier alpha value is -2.91. The number of anilines is 1. The fourth-order valence-corrected chi connectivity index (χ4v) is 4.56. The summed E-state index contributed by atoms with van der Waals surface area (Å²) in [7, 11) is -2.21. The number of hydrogen-bond acceptors (Lipinski definition) is 6. The first-order chi connectivity index (χ1) is 13.8. The van der Waals surface area contributed by atoms with E-state index in [1.54, 1.807) is 31.3 Å². The second kappa shape index (κ2) is 8.62. The molecule has 0 atom stereocenters. The van der Waals surface area contributed by atoms with Gasteiger partial charge in [-0.15, -0.1) is 0 Å². The molecule has 0 unspecified atom stereocenters. The van der Waals surface area contributed by atoms with Crippen molar-refractivity contribution in [3.05, 3.63) is 54.1 Å². The molecule has 1 aliphatic heterocycles. The first-order valence-corrected chi connectivity index (χ1v) is 10.6. The highest BCUT2D eigenvalue weighted by molar-refractivity contribution is 7.89. The number of para-hydroxylation sites is 1. The number of benzene rings is 2. The van der Waals surface area contributed by atoms with E-state index in [1.165, 1.54) is 15.3 Å². The predicted octanol–water partition coefficient (Wildman–Crippen LogP) is 2.00. The van der Waals surface area contributed by atoms with Crippen LogP contribution < -0.4 is 4.90 Å². The Labute approximate surface area is 169 Å². The molecule has 8 nitrogen and oxygen atoms in total. The summed E-state index contributed by atoms with van der Waals surface area (Å²) < 4.78 is 31.7. The normalized spacial score (nSPS) is 14.5. The molecule has 0 bridgehead atoms. The quantitative estimate of drug-likeness (QED) is 0.720. The van der Waals surface area contributed by atoms with E-state index >= 15 is 0 Å². The van der Waals surface area contributed by atoms with Crippen LogP contribution in [0.2, 0.25) is 0 Å². The Morgan fingerprint density at radius 3 is 2.41 bits per heavy atom. The highest BCUT2D eigenvalue weighted by atomic mass is 32.2. The number of esters is 1. The predicted molar refractivity (Wildman–Crippen MR) is 106 cm³/mol. The molecule has 2 aromatic carbocycles. The van der Waals surface area contributed by atoms with Crippen molar-refractivity contribution in [2.45, 2.75) is 17.7 Å². The zero-order valence-corrected chi connectivity index (χ0v) is 16.8. The molecule has 0 spiro atoms. The summed E-state index contributed by atoms with van der Waals surface area (Å²) in [5.74, 6) is -1.86. The minimum atomic E-state index is -3.75. The van der Waals surface area contributed by atoms with Crippen LogP contribution in [0.5, 0.6) is 5.75 Å². The number of phenolic OH excluding ortho intramolecular Hbond substituents is 1. The molecule has 0 aromatic heterocycles. The van der Waals surface area contributed by atoms with Crippen molar-refractivity contribution in [2.75, 3.05) is 31.6 Å². The van der Waals surface area contributed by atoms with Crippen LogP contribution in [0.3, 0.4) is 0 Å². The van der Waals surface area contributed by atoms with Gasteiger partial charge in [0.05, 0.1) is 4.90 Å². The number of hydrogen-bond donors (Lipinski definition) is 1. The molecule has 0 radical (unpaired) electrons. The fraction of sp³-hybridized carbons (Fsp3) is 0.300. The average molecular weight is 418 g/mol. The van der Waals surface area contributed by atoms with Gasteiger partial charge in [-0.25, -0.2) is 13.2 Å². The number of rotatable bonds is 6. The second-order valence-corrected chi connectivity index (χ2v) is 8.59. The third-order valence-corrected chi connectivity index (χ3v) is 6.63. The lowest BCUT2D eigenvalue weighted by molar-refractivity contribution is -0.121. The van der Waals surface area contributed by atoms with Crippen LogP contribution in [0.4, 0.5) is 5.69 Å². The zero-order chi connectivity index (χ0) is 21.0. The van der Waals surface area contributed by atoms with Gasteiger partial charge < -0.3 is 14.7 Å². The Morgan fingerprint density at radius 1 is 1.10 bits per heavy atom. The fourth-order valence-electron chi connectivity index (χ4n) is 3.01. The monoisotopic (exact) mass is 418 g/mol. The van der Waals surface area contributed by atoms with Gasteiger partial charge in [0.2, 0.25) is 10.0 Å². The van der Waals surface area contributed by atoms with Crippen molar-refractivity contribution in [3.63, 3.8) is 0 Å². The van der Waals surface area contributed by atoms with E-state index in [2.05, 4.69) is 0 Å². The van der Waals surface area contributed by atoms with Crippen molar-refractivity contribution in [3.8, 4) is 5.75 Å². The summed E-state index contributed by atoms with van der Waals surface area (Å²) >= 11 is 0. The van der Waals surface area contributed by atoms with Crippen LogP contribution in [0.15, 0.2) is 53.4 Å². The molecule has 1 aliphatic rings. The molecule has 1 heterocycles. The van der Waals surface area contributed by atoms with E-state index in [4.69, 9.17) is 4.74 Å². The molecular formula is C20H22N2O6S. The van der Waals surface area contributed by atoms with Crippen LogP contribution >= 0.6 is 0 Å². The van der Waals surface area contributed by atoms with Crippen molar-refractivity contribution in [1.82, 2.24) is 4.31 Å². The van der Waals surface area contributed by atoms with Gasteiger partial charge in [0, 0.05) is 25.8 Å². The number of carbonyl (C=O) groups excluding carboxylic acids is 2. The van der Waals surface area contributed by atoms with Crippen molar-refractivity contribution in [1.29, 1.82) is 0 Å². The lowest BCUT2D eigenvalue weighted by Gasteiger charge is -2.18. The molecule has 1 amide bonds. The number of amides is 1. The van der Waals surface area contributed by atoms with Gasteiger partial charge in [0.25, 0.3) is 5.91 Å². The van der Waals surface area contributed by atoms with E-state index in [9.17, 15) is 23.1 Å². The van der Waals surface area contributed by atoms with Crippen LogP contribution in [0, 0.1) is 0 Å². The van der Waals surface area contributed by atoms with Gasteiger partial charge in [-0.2, -0.15) is 4.31 Å². The number of sulfonamides is 1. The molecule has 2 aromatic rings. The molecule has 9 heteroatoms. The molecule has 1 fully saturated rings. The van der Waals surface area contributed by atoms with Gasteiger partial charge in [-0.1, -0.05) is 18.2 Å². The molecule has 154 valence electrons. The van der Waals surface area contributed by atoms with Gasteiger partial charge >= 0.3 is 5.97 Å². The lowest BCUT2D eigenvalue weighted by Crippen LogP contribution is -2.31. The third-order valence-electron chi connectivity index (χ3n) is 4.74. The van der Waals surface area contributed by atoms with Gasteiger partial charge in [0.15, 0.2) is 6.61 Å². The maximum atomic E-state index is 12.7. The smallest absolute Gasteiger partial charge is 0.342 e. The average Bonchev–Trinajstić information content (AvgIpc) is 3.28. The molecule has 0 saturated carbocycles. The molecule has 1 saturated heterocycles. The topological polar surface area (TPSA) is 104 Å². The van der Waals surface area contributed by atoms with E-state index < -0.39 is 34.3 Å². The van der Waals surface area contributed by atoms with E-state index in [1.807, 2.05) is 6.07 Å².